The largest absolute Gasteiger partial charge is 0.493 e. The van der Waals surface area contributed by atoms with Crippen molar-refractivity contribution >= 4 is 16.0 Å². The number of hydrogen-bond donors (Lipinski definition) is 1. The van der Waals surface area contributed by atoms with Gasteiger partial charge in [0.25, 0.3) is 0 Å². The van der Waals surface area contributed by atoms with Gasteiger partial charge in [0, 0.05) is 6.07 Å². The van der Waals surface area contributed by atoms with Crippen molar-refractivity contribution in [2.45, 2.75) is 4.90 Å². The minimum absolute atomic E-state index is 0.0295. The second-order valence-electron chi connectivity index (χ2n) is 3.41. The first-order valence-corrected chi connectivity index (χ1v) is 6.67. The minimum Gasteiger partial charge on any atom is -0.493 e. The molecule has 7 nitrogen and oxygen atoms in total. The molecule has 0 aliphatic carbocycles. The average molecular weight is 289 g/mol. The lowest BCUT2D eigenvalue weighted by molar-refractivity contribution is 0.0596. The van der Waals surface area contributed by atoms with Crippen molar-refractivity contribution in [1.29, 1.82) is 0 Å². The highest BCUT2D eigenvalue weighted by molar-refractivity contribution is 7.89. The van der Waals surface area contributed by atoms with Gasteiger partial charge in [0.2, 0.25) is 10.0 Å². The third-order valence-electron chi connectivity index (χ3n) is 2.44. The maximum absolute atomic E-state index is 11.8. The highest BCUT2D eigenvalue weighted by atomic mass is 32.2. The Kier molecular flexibility index (Phi) is 4.73. The second-order valence-corrected chi connectivity index (χ2v) is 5.29. The van der Waals surface area contributed by atoms with Gasteiger partial charge in [-0.05, 0) is 13.1 Å². The van der Waals surface area contributed by atoms with Crippen LogP contribution in [-0.2, 0) is 14.8 Å². The van der Waals surface area contributed by atoms with Crippen molar-refractivity contribution in [3.8, 4) is 11.5 Å². The summed E-state index contributed by atoms with van der Waals surface area (Å²) in [5, 5.41) is 0. The lowest BCUT2D eigenvalue weighted by atomic mass is 10.2. The molecular weight excluding hydrogens is 274 g/mol. The maximum Gasteiger partial charge on any atom is 0.341 e. The van der Waals surface area contributed by atoms with Gasteiger partial charge < -0.3 is 14.2 Å². The normalized spacial score (nSPS) is 10.9. The standard InChI is InChI=1S/C11H15NO6S/c1-12-19(14,15)7-5-8(11(13)18-4)10(17-3)9(6-7)16-2/h5-6,12H,1-4H3. The van der Waals surface area contributed by atoms with Crippen LogP contribution in [0.25, 0.3) is 0 Å². The van der Waals surface area contributed by atoms with E-state index in [1.165, 1.54) is 40.5 Å². The Labute approximate surface area is 111 Å². The Morgan fingerprint density at radius 2 is 1.79 bits per heavy atom. The van der Waals surface area contributed by atoms with Crippen LogP contribution in [0, 0.1) is 0 Å². The summed E-state index contributed by atoms with van der Waals surface area (Å²) in [6, 6.07) is 2.43. The summed E-state index contributed by atoms with van der Waals surface area (Å²) in [6.45, 7) is 0. The molecule has 106 valence electrons. The molecule has 0 fully saturated rings. The van der Waals surface area contributed by atoms with Gasteiger partial charge in [-0.25, -0.2) is 17.9 Å². The van der Waals surface area contributed by atoms with Crippen LogP contribution < -0.4 is 14.2 Å². The van der Waals surface area contributed by atoms with Gasteiger partial charge in [-0.3, -0.25) is 0 Å². The third-order valence-corrected chi connectivity index (χ3v) is 3.83. The fraction of sp³-hybridized carbons (Fsp3) is 0.364. The molecule has 19 heavy (non-hydrogen) atoms. The Bertz CT molecular complexity index is 581. The molecule has 0 atom stereocenters. The molecule has 1 aromatic carbocycles. The molecule has 0 aliphatic heterocycles. The summed E-state index contributed by atoms with van der Waals surface area (Å²) >= 11 is 0. The first-order valence-electron chi connectivity index (χ1n) is 5.19. The molecule has 1 rings (SSSR count). The summed E-state index contributed by atoms with van der Waals surface area (Å²) in [5.74, 6) is -0.480. The SMILES string of the molecule is CNS(=O)(=O)c1cc(OC)c(OC)c(C(=O)OC)c1. The van der Waals surface area contributed by atoms with Gasteiger partial charge in [-0.1, -0.05) is 0 Å². The smallest absolute Gasteiger partial charge is 0.341 e. The number of carbonyl (C=O) groups is 1. The molecular formula is C11H15NO6S. The van der Waals surface area contributed by atoms with Gasteiger partial charge in [0.05, 0.1) is 26.2 Å². The third kappa shape index (κ3) is 2.96. The van der Waals surface area contributed by atoms with Crippen LogP contribution in [0.1, 0.15) is 10.4 Å². The van der Waals surface area contributed by atoms with E-state index in [0.29, 0.717) is 0 Å². The van der Waals surface area contributed by atoms with E-state index in [-0.39, 0.29) is 22.0 Å². The van der Waals surface area contributed by atoms with Crippen molar-refractivity contribution in [3.63, 3.8) is 0 Å². The lowest BCUT2D eigenvalue weighted by Gasteiger charge is -2.13. The zero-order valence-electron chi connectivity index (χ0n) is 11.0. The van der Waals surface area contributed by atoms with Gasteiger partial charge in [0.15, 0.2) is 11.5 Å². The molecule has 0 aromatic heterocycles. The van der Waals surface area contributed by atoms with E-state index in [2.05, 4.69) is 9.46 Å². The molecule has 0 saturated carbocycles. The highest BCUT2D eigenvalue weighted by Crippen LogP contribution is 2.34. The molecule has 0 aliphatic rings. The van der Waals surface area contributed by atoms with Crippen LogP contribution in [0.5, 0.6) is 11.5 Å². The monoisotopic (exact) mass is 289 g/mol. The van der Waals surface area contributed by atoms with Gasteiger partial charge in [-0.2, -0.15) is 0 Å². The highest BCUT2D eigenvalue weighted by Gasteiger charge is 2.23. The number of nitrogens with one attached hydrogen (secondary N) is 1. The molecule has 0 bridgehead atoms. The summed E-state index contributed by atoms with van der Waals surface area (Å²) in [5.41, 5.74) is -0.0295. The molecule has 1 N–H and O–H groups in total. The summed E-state index contributed by atoms with van der Waals surface area (Å²) < 4.78 is 40.4. The Morgan fingerprint density at radius 3 is 2.21 bits per heavy atom. The first-order chi connectivity index (χ1) is 8.91. The van der Waals surface area contributed by atoms with Crippen LogP contribution >= 0.6 is 0 Å². The summed E-state index contributed by atoms with van der Waals surface area (Å²) in [7, 11) is 1.43. The van der Waals surface area contributed by atoms with E-state index in [1.54, 1.807) is 0 Å². The van der Waals surface area contributed by atoms with Crippen molar-refractivity contribution < 1.29 is 27.4 Å². The Balaban J connectivity index is 3.60. The van der Waals surface area contributed by atoms with Crippen molar-refractivity contribution in [1.82, 2.24) is 4.72 Å². The molecule has 0 spiro atoms. The van der Waals surface area contributed by atoms with Gasteiger partial charge >= 0.3 is 5.97 Å². The average Bonchev–Trinajstić information content (AvgIpc) is 2.44. The zero-order chi connectivity index (χ0) is 14.6. The Morgan fingerprint density at radius 1 is 1.16 bits per heavy atom. The molecule has 0 amide bonds. The van der Waals surface area contributed by atoms with E-state index >= 15 is 0 Å². The number of esters is 1. The number of carbonyl (C=O) groups excluding carboxylic acids is 1. The number of ether oxygens (including phenoxy) is 3. The summed E-state index contributed by atoms with van der Waals surface area (Å²) in [4.78, 5) is 11.5. The molecule has 0 heterocycles. The maximum atomic E-state index is 11.8. The Hall–Kier alpha value is -1.80. The number of rotatable bonds is 5. The van der Waals surface area contributed by atoms with E-state index < -0.39 is 16.0 Å². The van der Waals surface area contributed by atoms with Crippen molar-refractivity contribution in [2.75, 3.05) is 28.4 Å². The molecule has 0 unspecified atom stereocenters. The van der Waals surface area contributed by atoms with Crippen LogP contribution in [0.3, 0.4) is 0 Å². The summed E-state index contributed by atoms with van der Waals surface area (Å²) in [6.07, 6.45) is 0. The molecule has 0 saturated heterocycles. The predicted octanol–water partition coefficient (Wildman–Crippen LogP) is 0.399. The number of methoxy groups -OCH3 is 3. The predicted molar refractivity (Wildman–Crippen MR) is 67.1 cm³/mol. The van der Waals surface area contributed by atoms with E-state index in [0.717, 1.165) is 0 Å². The molecule has 1 aromatic rings. The number of hydrogen-bond acceptors (Lipinski definition) is 6. The van der Waals surface area contributed by atoms with Crippen LogP contribution in [0.15, 0.2) is 17.0 Å². The van der Waals surface area contributed by atoms with E-state index in [4.69, 9.17) is 9.47 Å². The topological polar surface area (TPSA) is 90.9 Å². The fourth-order valence-corrected chi connectivity index (χ4v) is 2.24. The van der Waals surface area contributed by atoms with Gasteiger partial charge in [-0.15, -0.1) is 0 Å². The second kappa shape index (κ2) is 5.89. The van der Waals surface area contributed by atoms with Crippen LogP contribution in [0.2, 0.25) is 0 Å². The molecule has 8 heteroatoms. The first kappa shape index (κ1) is 15.3. The quantitative estimate of drug-likeness (QED) is 0.789. The van der Waals surface area contributed by atoms with Gasteiger partial charge in [0.1, 0.15) is 5.56 Å². The fourth-order valence-electron chi connectivity index (χ4n) is 1.47. The number of benzene rings is 1. The van der Waals surface area contributed by atoms with Crippen LogP contribution in [-0.4, -0.2) is 42.8 Å². The van der Waals surface area contributed by atoms with E-state index in [9.17, 15) is 13.2 Å². The van der Waals surface area contributed by atoms with E-state index in [1.807, 2.05) is 0 Å². The molecule has 0 radical (unpaired) electrons. The van der Waals surface area contributed by atoms with Crippen LogP contribution in [0.4, 0.5) is 0 Å². The zero-order valence-corrected chi connectivity index (χ0v) is 11.8. The van der Waals surface area contributed by atoms with Crippen molar-refractivity contribution in [2.24, 2.45) is 0 Å². The minimum atomic E-state index is -3.71. The number of sulfonamides is 1. The lowest BCUT2D eigenvalue weighted by Crippen LogP contribution is -2.19. The van der Waals surface area contributed by atoms with Crippen molar-refractivity contribution in [3.05, 3.63) is 17.7 Å².